The molecule has 0 aliphatic rings. The number of hydrogen-bond acceptors (Lipinski definition) is 5. The average Bonchev–Trinajstić information content (AvgIpc) is 2.99. The van der Waals surface area contributed by atoms with Crippen LogP contribution in [0.15, 0.2) is 24.5 Å². The zero-order chi connectivity index (χ0) is 14.9. The maximum absolute atomic E-state index is 4.56. The van der Waals surface area contributed by atoms with Crippen LogP contribution in [0.3, 0.4) is 0 Å². The monoisotopic (exact) mass is 288 g/mol. The van der Waals surface area contributed by atoms with Crippen LogP contribution in [0.4, 0.5) is 11.6 Å². The van der Waals surface area contributed by atoms with Gasteiger partial charge >= 0.3 is 0 Å². The molecule has 114 valence electrons. The van der Waals surface area contributed by atoms with Crippen LogP contribution in [-0.4, -0.2) is 32.8 Å². The Morgan fingerprint density at radius 2 is 1.81 bits per heavy atom. The second-order valence-electron chi connectivity index (χ2n) is 4.93. The molecule has 0 aliphatic heterocycles. The van der Waals surface area contributed by atoms with Gasteiger partial charge in [-0.05, 0) is 18.9 Å². The molecule has 0 unspecified atom stereocenters. The number of nitrogens with one attached hydrogen (secondary N) is 2. The van der Waals surface area contributed by atoms with E-state index in [0.717, 1.165) is 56.4 Å². The standard InChI is InChI=1S/C15H24N6/c1-3-6-13-19-14(16-7-4-2)12-15(20-13)17-9-11-21-10-5-8-18-21/h5,8,10,12H,3-4,6-7,9,11H2,1-2H3,(H2,16,17,19,20). The van der Waals surface area contributed by atoms with E-state index in [9.17, 15) is 0 Å². The predicted octanol–water partition coefficient (Wildman–Crippen LogP) is 2.56. The summed E-state index contributed by atoms with van der Waals surface area (Å²) in [5.74, 6) is 2.66. The van der Waals surface area contributed by atoms with Crippen LogP contribution in [0.1, 0.15) is 32.5 Å². The van der Waals surface area contributed by atoms with Gasteiger partial charge in [0.1, 0.15) is 17.5 Å². The maximum Gasteiger partial charge on any atom is 0.133 e. The normalized spacial score (nSPS) is 10.6. The lowest BCUT2D eigenvalue weighted by atomic mass is 10.3. The Balaban J connectivity index is 1.97. The highest BCUT2D eigenvalue weighted by Crippen LogP contribution is 2.12. The van der Waals surface area contributed by atoms with Crippen LogP contribution in [0.25, 0.3) is 0 Å². The van der Waals surface area contributed by atoms with Crippen LogP contribution in [0.2, 0.25) is 0 Å². The second-order valence-corrected chi connectivity index (χ2v) is 4.93. The molecule has 0 saturated carbocycles. The minimum Gasteiger partial charge on any atom is -0.370 e. The molecule has 6 heteroatoms. The van der Waals surface area contributed by atoms with Gasteiger partial charge in [0, 0.05) is 38.0 Å². The first-order valence-corrected chi connectivity index (χ1v) is 7.65. The van der Waals surface area contributed by atoms with E-state index in [1.165, 1.54) is 0 Å². The SMILES string of the molecule is CCCNc1cc(NCCn2cccn2)nc(CCC)n1. The van der Waals surface area contributed by atoms with Crippen molar-refractivity contribution in [1.82, 2.24) is 19.7 Å². The minimum atomic E-state index is 0.789. The van der Waals surface area contributed by atoms with E-state index in [-0.39, 0.29) is 0 Å². The molecule has 0 aromatic carbocycles. The summed E-state index contributed by atoms with van der Waals surface area (Å²) in [6.45, 7) is 6.81. The zero-order valence-electron chi connectivity index (χ0n) is 12.8. The van der Waals surface area contributed by atoms with Crippen molar-refractivity contribution in [1.29, 1.82) is 0 Å². The van der Waals surface area contributed by atoms with E-state index in [4.69, 9.17) is 0 Å². The maximum atomic E-state index is 4.56. The Hall–Kier alpha value is -2.11. The van der Waals surface area contributed by atoms with Gasteiger partial charge in [0.2, 0.25) is 0 Å². The summed E-state index contributed by atoms with van der Waals surface area (Å²) < 4.78 is 1.90. The third-order valence-electron chi connectivity index (χ3n) is 3.01. The number of aryl methyl sites for hydroxylation is 1. The summed E-state index contributed by atoms with van der Waals surface area (Å²) in [4.78, 5) is 9.10. The Labute approximate surface area is 126 Å². The number of aromatic nitrogens is 4. The van der Waals surface area contributed by atoms with Crippen molar-refractivity contribution in [3.05, 3.63) is 30.4 Å². The fourth-order valence-electron chi connectivity index (χ4n) is 2.00. The van der Waals surface area contributed by atoms with Gasteiger partial charge in [-0.3, -0.25) is 4.68 Å². The smallest absolute Gasteiger partial charge is 0.133 e. The van der Waals surface area contributed by atoms with Crippen LogP contribution in [0, 0.1) is 0 Å². The molecule has 2 heterocycles. The lowest BCUT2D eigenvalue weighted by Crippen LogP contribution is -2.13. The van der Waals surface area contributed by atoms with Gasteiger partial charge in [0.05, 0.1) is 6.54 Å². The fourth-order valence-corrected chi connectivity index (χ4v) is 2.00. The number of hydrogen-bond donors (Lipinski definition) is 2. The van der Waals surface area contributed by atoms with Gasteiger partial charge in [-0.1, -0.05) is 13.8 Å². The summed E-state index contributed by atoms with van der Waals surface area (Å²) in [6, 6.07) is 3.90. The molecular formula is C15H24N6. The molecule has 2 aromatic rings. The molecule has 0 fully saturated rings. The van der Waals surface area contributed by atoms with Gasteiger partial charge in [0.15, 0.2) is 0 Å². The second kappa shape index (κ2) is 8.24. The van der Waals surface area contributed by atoms with Crippen molar-refractivity contribution in [3.63, 3.8) is 0 Å². The topological polar surface area (TPSA) is 67.7 Å². The molecular weight excluding hydrogens is 264 g/mol. The molecule has 0 amide bonds. The Kier molecular flexibility index (Phi) is 5.99. The first kappa shape index (κ1) is 15.3. The van der Waals surface area contributed by atoms with E-state index in [1.807, 2.05) is 23.0 Å². The molecule has 0 aliphatic carbocycles. The molecule has 0 bridgehead atoms. The molecule has 21 heavy (non-hydrogen) atoms. The van der Waals surface area contributed by atoms with E-state index in [0.29, 0.717) is 0 Å². The van der Waals surface area contributed by atoms with E-state index in [2.05, 4.69) is 39.5 Å². The molecule has 0 radical (unpaired) electrons. The fraction of sp³-hybridized carbons (Fsp3) is 0.533. The van der Waals surface area contributed by atoms with Crippen molar-refractivity contribution in [2.24, 2.45) is 0 Å². The third-order valence-corrected chi connectivity index (χ3v) is 3.01. The molecule has 0 spiro atoms. The first-order chi connectivity index (χ1) is 10.3. The van der Waals surface area contributed by atoms with Crippen LogP contribution in [-0.2, 0) is 13.0 Å². The van der Waals surface area contributed by atoms with Crippen molar-refractivity contribution >= 4 is 11.6 Å². The number of nitrogens with zero attached hydrogens (tertiary/aromatic N) is 4. The van der Waals surface area contributed by atoms with Crippen molar-refractivity contribution in [3.8, 4) is 0 Å². The highest BCUT2D eigenvalue weighted by atomic mass is 15.3. The minimum absolute atomic E-state index is 0.789. The Morgan fingerprint density at radius 3 is 2.43 bits per heavy atom. The van der Waals surface area contributed by atoms with Crippen molar-refractivity contribution in [2.75, 3.05) is 23.7 Å². The summed E-state index contributed by atoms with van der Waals surface area (Å²) in [5.41, 5.74) is 0. The molecule has 2 aromatic heterocycles. The highest BCUT2D eigenvalue weighted by Gasteiger charge is 2.04. The van der Waals surface area contributed by atoms with Gasteiger partial charge in [-0.15, -0.1) is 0 Å². The zero-order valence-corrected chi connectivity index (χ0v) is 12.8. The van der Waals surface area contributed by atoms with Crippen LogP contribution >= 0.6 is 0 Å². The Bertz CT molecular complexity index is 523. The molecule has 0 saturated heterocycles. The van der Waals surface area contributed by atoms with Crippen molar-refractivity contribution < 1.29 is 0 Å². The molecule has 2 N–H and O–H groups in total. The van der Waals surface area contributed by atoms with E-state index in [1.54, 1.807) is 6.20 Å². The first-order valence-electron chi connectivity index (χ1n) is 7.65. The van der Waals surface area contributed by atoms with Crippen LogP contribution in [0.5, 0.6) is 0 Å². The predicted molar refractivity (Wildman–Crippen MR) is 85.5 cm³/mol. The molecule has 6 nitrogen and oxygen atoms in total. The quantitative estimate of drug-likeness (QED) is 0.742. The van der Waals surface area contributed by atoms with Gasteiger partial charge in [0.25, 0.3) is 0 Å². The highest BCUT2D eigenvalue weighted by molar-refractivity contribution is 5.47. The lowest BCUT2D eigenvalue weighted by molar-refractivity contribution is 0.636. The molecule has 2 rings (SSSR count). The summed E-state index contributed by atoms with van der Waals surface area (Å²) >= 11 is 0. The number of rotatable bonds is 9. The number of anilines is 2. The Morgan fingerprint density at radius 1 is 1.05 bits per heavy atom. The lowest BCUT2D eigenvalue weighted by Gasteiger charge is -2.11. The average molecular weight is 288 g/mol. The summed E-state index contributed by atoms with van der Waals surface area (Å²) in [7, 11) is 0. The largest absolute Gasteiger partial charge is 0.370 e. The van der Waals surface area contributed by atoms with Crippen LogP contribution < -0.4 is 10.6 Å². The molecule has 0 atom stereocenters. The van der Waals surface area contributed by atoms with E-state index >= 15 is 0 Å². The summed E-state index contributed by atoms with van der Waals surface area (Å²) in [5, 5.41) is 10.9. The van der Waals surface area contributed by atoms with Gasteiger partial charge in [-0.2, -0.15) is 5.10 Å². The third kappa shape index (κ3) is 5.06. The van der Waals surface area contributed by atoms with Gasteiger partial charge in [-0.25, -0.2) is 9.97 Å². The van der Waals surface area contributed by atoms with Gasteiger partial charge < -0.3 is 10.6 Å². The van der Waals surface area contributed by atoms with E-state index < -0.39 is 0 Å². The van der Waals surface area contributed by atoms with Crippen molar-refractivity contribution in [2.45, 2.75) is 39.7 Å². The summed E-state index contributed by atoms with van der Waals surface area (Å²) in [6.07, 6.45) is 6.77.